The third kappa shape index (κ3) is 4.12. The first-order chi connectivity index (χ1) is 16.3. The number of alkyl halides is 3. The van der Waals surface area contributed by atoms with Crippen molar-refractivity contribution < 1.29 is 13.2 Å². The normalized spacial score (nSPS) is 11.7. The van der Waals surface area contributed by atoms with Crippen molar-refractivity contribution in [3.8, 4) is 16.8 Å². The number of benzene rings is 3. The zero-order chi connectivity index (χ0) is 23.9. The van der Waals surface area contributed by atoms with Gasteiger partial charge in [-0.2, -0.15) is 13.2 Å². The van der Waals surface area contributed by atoms with E-state index in [4.69, 9.17) is 0 Å². The van der Waals surface area contributed by atoms with Gasteiger partial charge in [0.15, 0.2) is 5.65 Å². The van der Waals surface area contributed by atoms with Gasteiger partial charge in [0.05, 0.1) is 10.9 Å². The molecule has 0 aliphatic carbocycles. The lowest BCUT2D eigenvalue weighted by Crippen LogP contribution is -2.06. The second-order valence-electron chi connectivity index (χ2n) is 8.25. The maximum atomic E-state index is 13.4. The van der Waals surface area contributed by atoms with Crippen molar-refractivity contribution in [3.05, 3.63) is 102 Å². The van der Waals surface area contributed by atoms with E-state index in [1.165, 1.54) is 12.4 Å². The molecule has 0 saturated heterocycles. The zero-order valence-electron chi connectivity index (χ0n) is 18.6. The minimum absolute atomic E-state index is 0.373. The summed E-state index contributed by atoms with van der Waals surface area (Å²) < 4.78 is 41.9. The van der Waals surface area contributed by atoms with Crippen LogP contribution in [0.3, 0.4) is 0 Å². The highest BCUT2D eigenvalue weighted by Crippen LogP contribution is 2.37. The fourth-order valence-electron chi connectivity index (χ4n) is 4.21. The number of halogens is 3. The van der Waals surface area contributed by atoms with Crippen LogP contribution in [-0.4, -0.2) is 14.5 Å². The van der Waals surface area contributed by atoms with Crippen LogP contribution in [0.2, 0.25) is 0 Å². The molecular weight excluding hydrogens is 437 g/mol. The molecule has 0 aliphatic heterocycles. The van der Waals surface area contributed by atoms with Crippen molar-refractivity contribution in [3.63, 3.8) is 0 Å². The Morgan fingerprint density at radius 3 is 2.26 bits per heavy atom. The number of hydrogen-bond acceptors (Lipinski definition) is 3. The van der Waals surface area contributed by atoms with Crippen molar-refractivity contribution in [2.24, 2.45) is 0 Å². The van der Waals surface area contributed by atoms with E-state index in [-0.39, 0.29) is 0 Å². The second-order valence-corrected chi connectivity index (χ2v) is 8.25. The van der Waals surface area contributed by atoms with Gasteiger partial charge in [-0.25, -0.2) is 9.97 Å². The quantitative estimate of drug-likeness (QED) is 0.304. The number of aryl methyl sites for hydroxylation is 2. The maximum absolute atomic E-state index is 13.4. The number of anilines is 2. The summed E-state index contributed by atoms with van der Waals surface area (Å²) in [7, 11) is 0. The zero-order valence-corrected chi connectivity index (χ0v) is 18.6. The smallest absolute Gasteiger partial charge is 0.340 e. The first-order valence-corrected chi connectivity index (χ1v) is 10.7. The summed E-state index contributed by atoms with van der Waals surface area (Å²) in [6.07, 6.45) is -1.20. The SMILES string of the molecule is Cc1cc(C)cc(Nc2ncnc3c2c(-c2ccccc2)cn3-c2cccc(C(F)(F)F)c2)c1. The number of nitrogens with one attached hydrogen (secondary N) is 1. The molecule has 0 amide bonds. The molecule has 0 saturated carbocycles. The van der Waals surface area contributed by atoms with Crippen LogP contribution < -0.4 is 5.32 Å². The number of aromatic nitrogens is 3. The van der Waals surface area contributed by atoms with E-state index in [0.29, 0.717) is 17.2 Å². The molecule has 0 unspecified atom stereocenters. The molecular formula is C27H21F3N4. The summed E-state index contributed by atoms with van der Waals surface area (Å²) in [6.45, 7) is 4.04. The van der Waals surface area contributed by atoms with E-state index >= 15 is 0 Å². The molecule has 0 atom stereocenters. The maximum Gasteiger partial charge on any atom is 0.416 e. The summed E-state index contributed by atoms with van der Waals surface area (Å²) in [5.74, 6) is 0.583. The molecule has 0 bridgehead atoms. The topological polar surface area (TPSA) is 42.7 Å². The van der Waals surface area contributed by atoms with Crippen LogP contribution in [0.5, 0.6) is 0 Å². The number of nitrogens with zero attached hydrogens (tertiary/aromatic N) is 3. The third-order valence-corrected chi connectivity index (χ3v) is 5.60. The van der Waals surface area contributed by atoms with Gasteiger partial charge >= 0.3 is 6.18 Å². The minimum atomic E-state index is -4.44. The molecule has 170 valence electrons. The molecule has 5 rings (SSSR count). The Hall–Kier alpha value is -4.13. The average molecular weight is 458 g/mol. The molecule has 7 heteroatoms. The van der Waals surface area contributed by atoms with Crippen molar-refractivity contribution >= 4 is 22.5 Å². The van der Waals surface area contributed by atoms with E-state index in [1.54, 1.807) is 10.6 Å². The van der Waals surface area contributed by atoms with E-state index in [1.807, 2.05) is 62.5 Å². The van der Waals surface area contributed by atoms with Crippen molar-refractivity contribution in [1.82, 2.24) is 14.5 Å². The Morgan fingerprint density at radius 1 is 0.824 bits per heavy atom. The highest BCUT2D eigenvalue weighted by molar-refractivity contribution is 6.03. The van der Waals surface area contributed by atoms with Gasteiger partial charge in [0.1, 0.15) is 12.1 Å². The Kier molecular flexibility index (Phi) is 5.32. The highest BCUT2D eigenvalue weighted by Gasteiger charge is 2.30. The number of fused-ring (bicyclic) bond motifs is 1. The summed E-state index contributed by atoms with van der Waals surface area (Å²) in [5, 5.41) is 4.12. The summed E-state index contributed by atoms with van der Waals surface area (Å²) in [5.41, 5.74) is 5.00. The standard InChI is InChI=1S/C27H21F3N4/c1-17-11-18(2)13-21(12-17)33-25-24-23(19-7-4-3-5-8-19)15-34(26(24)32-16-31-25)22-10-6-9-20(14-22)27(28,29)30/h3-16H,1-2H3,(H,31,32,33). The van der Waals surface area contributed by atoms with Crippen LogP contribution >= 0.6 is 0 Å². The molecule has 4 nitrogen and oxygen atoms in total. The molecule has 3 aromatic carbocycles. The van der Waals surface area contributed by atoms with Crippen LogP contribution in [0.1, 0.15) is 16.7 Å². The Balaban J connectivity index is 1.74. The van der Waals surface area contributed by atoms with Crippen molar-refractivity contribution in [2.45, 2.75) is 20.0 Å². The highest BCUT2D eigenvalue weighted by atomic mass is 19.4. The minimum Gasteiger partial charge on any atom is -0.340 e. The summed E-state index contributed by atoms with van der Waals surface area (Å²) in [6, 6.07) is 21.0. The molecule has 1 N–H and O–H groups in total. The first-order valence-electron chi connectivity index (χ1n) is 10.7. The first kappa shape index (κ1) is 21.7. The van der Waals surface area contributed by atoms with Gasteiger partial charge in [0, 0.05) is 23.1 Å². The van der Waals surface area contributed by atoms with Gasteiger partial charge in [-0.05, 0) is 60.9 Å². The van der Waals surface area contributed by atoms with Crippen LogP contribution in [0.15, 0.2) is 85.3 Å². The fourth-order valence-corrected chi connectivity index (χ4v) is 4.21. The van der Waals surface area contributed by atoms with Gasteiger partial charge in [-0.1, -0.05) is 42.5 Å². The van der Waals surface area contributed by atoms with Crippen LogP contribution in [0.4, 0.5) is 24.7 Å². The van der Waals surface area contributed by atoms with Gasteiger partial charge in [-0.3, -0.25) is 0 Å². The molecule has 2 aromatic heterocycles. The summed E-state index contributed by atoms with van der Waals surface area (Å²) in [4.78, 5) is 8.96. The van der Waals surface area contributed by atoms with Gasteiger partial charge < -0.3 is 9.88 Å². The number of rotatable bonds is 4. The lowest BCUT2D eigenvalue weighted by molar-refractivity contribution is -0.137. The van der Waals surface area contributed by atoms with Crippen LogP contribution in [0.25, 0.3) is 27.8 Å². The van der Waals surface area contributed by atoms with Crippen LogP contribution in [-0.2, 0) is 6.18 Å². The van der Waals surface area contributed by atoms with E-state index in [0.717, 1.165) is 45.5 Å². The van der Waals surface area contributed by atoms with Crippen molar-refractivity contribution in [2.75, 3.05) is 5.32 Å². The Labute approximate surface area is 194 Å². The van der Waals surface area contributed by atoms with Gasteiger partial charge in [-0.15, -0.1) is 0 Å². The Bertz CT molecular complexity index is 1470. The van der Waals surface area contributed by atoms with Gasteiger partial charge in [0.25, 0.3) is 0 Å². The summed E-state index contributed by atoms with van der Waals surface area (Å²) >= 11 is 0. The molecule has 34 heavy (non-hydrogen) atoms. The van der Waals surface area contributed by atoms with Crippen LogP contribution in [0, 0.1) is 13.8 Å². The van der Waals surface area contributed by atoms with Gasteiger partial charge in [0.2, 0.25) is 0 Å². The fraction of sp³-hybridized carbons (Fsp3) is 0.111. The monoisotopic (exact) mass is 458 g/mol. The molecule has 0 fully saturated rings. The molecule has 5 aromatic rings. The van der Waals surface area contributed by atoms with E-state index in [2.05, 4.69) is 21.4 Å². The average Bonchev–Trinajstić information content (AvgIpc) is 3.19. The second kappa shape index (κ2) is 8.33. The molecule has 2 heterocycles. The number of hydrogen-bond donors (Lipinski definition) is 1. The molecule has 0 radical (unpaired) electrons. The van der Waals surface area contributed by atoms with E-state index < -0.39 is 11.7 Å². The predicted octanol–water partition coefficient (Wildman–Crippen LogP) is 7.47. The lowest BCUT2D eigenvalue weighted by atomic mass is 10.1. The molecule has 0 aliphatic rings. The van der Waals surface area contributed by atoms with E-state index in [9.17, 15) is 13.2 Å². The largest absolute Gasteiger partial charge is 0.416 e. The lowest BCUT2D eigenvalue weighted by Gasteiger charge is -2.11. The van der Waals surface area contributed by atoms with Crippen molar-refractivity contribution in [1.29, 1.82) is 0 Å². The predicted molar refractivity (Wildman–Crippen MR) is 129 cm³/mol. The molecule has 0 spiro atoms. The third-order valence-electron chi connectivity index (χ3n) is 5.60. The Morgan fingerprint density at radius 2 is 1.56 bits per heavy atom.